The van der Waals surface area contributed by atoms with Crippen LogP contribution in [0, 0.1) is 12.8 Å². The second kappa shape index (κ2) is 4.00. The summed E-state index contributed by atoms with van der Waals surface area (Å²) in [4.78, 5) is 14.0. The monoisotopic (exact) mass is 217 g/mol. The molecule has 1 aromatic carbocycles. The van der Waals surface area contributed by atoms with Crippen molar-refractivity contribution in [1.82, 2.24) is 4.98 Å². The Morgan fingerprint density at radius 1 is 1.50 bits per heavy atom. The molecule has 0 radical (unpaired) electrons. The number of carboxylic acids is 1. The normalized spacial score (nSPS) is 12.9. The Balaban J connectivity index is 2.42. The molecular weight excluding hydrogens is 202 g/mol. The fraction of sp³-hybridized carbons (Fsp3) is 0.308. The predicted molar refractivity (Wildman–Crippen MR) is 63.5 cm³/mol. The zero-order chi connectivity index (χ0) is 11.7. The minimum atomic E-state index is -0.747. The van der Waals surface area contributed by atoms with Crippen LogP contribution in [0.4, 0.5) is 0 Å². The molecule has 2 N–H and O–H groups in total. The number of rotatable bonds is 3. The first-order chi connectivity index (χ1) is 7.59. The molecule has 3 nitrogen and oxygen atoms in total. The number of hydrogen-bond donors (Lipinski definition) is 2. The lowest BCUT2D eigenvalue weighted by molar-refractivity contribution is -0.141. The first kappa shape index (κ1) is 10.7. The van der Waals surface area contributed by atoms with Crippen molar-refractivity contribution >= 4 is 16.9 Å². The van der Waals surface area contributed by atoms with E-state index in [1.54, 1.807) is 6.92 Å². The molecule has 0 saturated heterocycles. The van der Waals surface area contributed by atoms with Crippen molar-refractivity contribution in [3.63, 3.8) is 0 Å². The number of carbonyl (C=O) groups is 1. The molecule has 0 amide bonds. The zero-order valence-corrected chi connectivity index (χ0v) is 9.45. The number of carboxylic acid groups (broad SMARTS) is 1. The molecule has 16 heavy (non-hydrogen) atoms. The Hall–Kier alpha value is -1.77. The zero-order valence-electron chi connectivity index (χ0n) is 9.45. The molecule has 1 heterocycles. The van der Waals surface area contributed by atoms with Crippen molar-refractivity contribution in [2.75, 3.05) is 0 Å². The van der Waals surface area contributed by atoms with E-state index in [1.807, 2.05) is 31.3 Å². The van der Waals surface area contributed by atoms with Gasteiger partial charge in [-0.3, -0.25) is 4.79 Å². The Kier molecular flexibility index (Phi) is 2.69. The highest BCUT2D eigenvalue weighted by molar-refractivity contribution is 5.87. The van der Waals surface area contributed by atoms with Crippen LogP contribution in [0.2, 0.25) is 0 Å². The van der Waals surface area contributed by atoms with E-state index in [-0.39, 0.29) is 5.92 Å². The summed E-state index contributed by atoms with van der Waals surface area (Å²) >= 11 is 0. The number of nitrogens with one attached hydrogen (secondary N) is 1. The Morgan fingerprint density at radius 3 is 2.94 bits per heavy atom. The van der Waals surface area contributed by atoms with Gasteiger partial charge >= 0.3 is 5.97 Å². The lowest BCUT2D eigenvalue weighted by Crippen LogP contribution is -2.12. The molecule has 84 valence electrons. The number of aliphatic carboxylic acids is 1. The number of aromatic nitrogens is 1. The smallest absolute Gasteiger partial charge is 0.306 e. The van der Waals surface area contributed by atoms with Gasteiger partial charge in [0.1, 0.15) is 0 Å². The SMILES string of the molecule is Cc1cccc2[nH]cc(CC(C)C(=O)O)c12. The molecule has 2 rings (SSSR count). The maximum atomic E-state index is 10.8. The second-order valence-corrected chi connectivity index (χ2v) is 4.25. The molecule has 0 spiro atoms. The van der Waals surface area contributed by atoms with Gasteiger partial charge in [0.15, 0.2) is 0 Å². The molecule has 1 unspecified atom stereocenters. The topological polar surface area (TPSA) is 53.1 Å². The van der Waals surface area contributed by atoms with Crippen molar-refractivity contribution in [3.05, 3.63) is 35.5 Å². The molecule has 2 aromatic rings. The van der Waals surface area contributed by atoms with Gasteiger partial charge in [-0.25, -0.2) is 0 Å². The van der Waals surface area contributed by atoms with E-state index in [0.717, 1.165) is 16.5 Å². The average molecular weight is 217 g/mol. The number of hydrogen-bond acceptors (Lipinski definition) is 1. The summed E-state index contributed by atoms with van der Waals surface area (Å²) in [6, 6.07) is 6.06. The third kappa shape index (κ3) is 1.81. The van der Waals surface area contributed by atoms with Crippen LogP contribution in [0.25, 0.3) is 10.9 Å². The number of H-pyrrole nitrogens is 1. The van der Waals surface area contributed by atoms with Gasteiger partial charge in [0, 0.05) is 17.1 Å². The summed E-state index contributed by atoms with van der Waals surface area (Å²) in [5, 5.41) is 10.1. The van der Waals surface area contributed by atoms with Gasteiger partial charge in [0.05, 0.1) is 5.92 Å². The third-order valence-corrected chi connectivity index (χ3v) is 2.94. The van der Waals surface area contributed by atoms with Crippen molar-refractivity contribution in [1.29, 1.82) is 0 Å². The van der Waals surface area contributed by atoms with Crippen LogP contribution in [0.3, 0.4) is 0 Å². The lowest BCUT2D eigenvalue weighted by Gasteiger charge is -2.05. The van der Waals surface area contributed by atoms with E-state index in [4.69, 9.17) is 5.11 Å². The van der Waals surface area contributed by atoms with Crippen LogP contribution in [0.5, 0.6) is 0 Å². The van der Waals surface area contributed by atoms with E-state index < -0.39 is 5.97 Å². The summed E-state index contributed by atoms with van der Waals surface area (Å²) in [5.41, 5.74) is 3.35. The van der Waals surface area contributed by atoms with Gasteiger partial charge in [-0.1, -0.05) is 19.1 Å². The molecule has 3 heteroatoms. The van der Waals surface area contributed by atoms with E-state index in [9.17, 15) is 4.79 Å². The number of fused-ring (bicyclic) bond motifs is 1. The van der Waals surface area contributed by atoms with E-state index in [2.05, 4.69) is 4.98 Å². The highest BCUT2D eigenvalue weighted by atomic mass is 16.4. The van der Waals surface area contributed by atoms with E-state index in [1.165, 1.54) is 5.56 Å². The first-order valence-electron chi connectivity index (χ1n) is 5.38. The van der Waals surface area contributed by atoms with Gasteiger partial charge in [0.2, 0.25) is 0 Å². The van der Waals surface area contributed by atoms with Crippen molar-refractivity contribution in [2.45, 2.75) is 20.3 Å². The van der Waals surface area contributed by atoms with Crippen molar-refractivity contribution in [3.8, 4) is 0 Å². The van der Waals surface area contributed by atoms with Crippen LogP contribution in [0.1, 0.15) is 18.1 Å². The van der Waals surface area contributed by atoms with Crippen LogP contribution in [-0.2, 0) is 11.2 Å². The molecule has 0 aliphatic heterocycles. The molecule has 0 aliphatic carbocycles. The largest absolute Gasteiger partial charge is 0.481 e. The average Bonchev–Trinajstić information content (AvgIpc) is 2.63. The third-order valence-electron chi connectivity index (χ3n) is 2.94. The fourth-order valence-corrected chi connectivity index (χ4v) is 2.03. The van der Waals surface area contributed by atoms with Gasteiger partial charge in [0.25, 0.3) is 0 Å². The standard InChI is InChI=1S/C13H15NO2/c1-8-4-3-5-11-12(8)10(7-14-11)6-9(2)13(15)16/h3-5,7,9,14H,6H2,1-2H3,(H,15,16). The van der Waals surface area contributed by atoms with Gasteiger partial charge in [-0.05, 0) is 30.5 Å². The Bertz CT molecular complexity index is 528. The summed E-state index contributed by atoms with van der Waals surface area (Å²) in [7, 11) is 0. The molecule has 1 aromatic heterocycles. The van der Waals surface area contributed by atoms with Crippen molar-refractivity contribution < 1.29 is 9.90 Å². The van der Waals surface area contributed by atoms with E-state index >= 15 is 0 Å². The maximum Gasteiger partial charge on any atom is 0.306 e. The van der Waals surface area contributed by atoms with Gasteiger partial charge < -0.3 is 10.1 Å². The van der Waals surface area contributed by atoms with Crippen LogP contribution in [-0.4, -0.2) is 16.1 Å². The first-order valence-corrected chi connectivity index (χ1v) is 5.38. The maximum absolute atomic E-state index is 10.8. The molecule has 1 atom stereocenters. The van der Waals surface area contributed by atoms with Crippen molar-refractivity contribution in [2.24, 2.45) is 5.92 Å². The van der Waals surface area contributed by atoms with E-state index in [0.29, 0.717) is 6.42 Å². The van der Waals surface area contributed by atoms with Gasteiger partial charge in [-0.2, -0.15) is 0 Å². The molecule has 0 fully saturated rings. The highest BCUT2D eigenvalue weighted by Gasteiger charge is 2.14. The predicted octanol–water partition coefficient (Wildman–Crippen LogP) is 2.74. The summed E-state index contributed by atoms with van der Waals surface area (Å²) in [6.07, 6.45) is 2.48. The Labute approximate surface area is 94.1 Å². The minimum absolute atomic E-state index is 0.349. The van der Waals surface area contributed by atoms with Crippen LogP contribution >= 0.6 is 0 Å². The summed E-state index contributed by atoms with van der Waals surface area (Å²) < 4.78 is 0. The number of aryl methyl sites for hydroxylation is 1. The highest BCUT2D eigenvalue weighted by Crippen LogP contribution is 2.24. The molecule has 0 saturated carbocycles. The van der Waals surface area contributed by atoms with Gasteiger partial charge in [-0.15, -0.1) is 0 Å². The summed E-state index contributed by atoms with van der Waals surface area (Å²) in [6.45, 7) is 3.78. The second-order valence-electron chi connectivity index (χ2n) is 4.25. The molecular formula is C13H15NO2. The summed E-state index contributed by atoms with van der Waals surface area (Å²) in [5.74, 6) is -1.10. The molecule has 0 bridgehead atoms. The minimum Gasteiger partial charge on any atom is -0.481 e. The van der Waals surface area contributed by atoms with Crippen LogP contribution < -0.4 is 0 Å². The molecule has 0 aliphatic rings. The quantitative estimate of drug-likeness (QED) is 0.830. The fourth-order valence-electron chi connectivity index (χ4n) is 2.03. The number of aromatic amines is 1. The van der Waals surface area contributed by atoms with Crippen LogP contribution in [0.15, 0.2) is 24.4 Å². The lowest BCUT2D eigenvalue weighted by atomic mass is 9.99. The number of benzene rings is 1. The Morgan fingerprint density at radius 2 is 2.25 bits per heavy atom.